The Kier molecular flexibility index (Phi) is 6.22. The third kappa shape index (κ3) is 3.87. The number of rotatable bonds is 4. The zero-order valence-corrected chi connectivity index (χ0v) is 13.4. The normalized spacial score (nSPS) is 18.1. The molecule has 0 saturated heterocycles. The molecule has 0 aliphatic carbocycles. The molecule has 0 bridgehead atoms. The van der Waals surface area contributed by atoms with Crippen molar-refractivity contribution in [2.45, 2.75) is 12.0 Å². The van der Waals surface area contributed by atoms with Crippen LogP contribution in [0.4, 0.5) is 0 Å². The minimum absolute atomic E-state index is 0. The molecule has 11 heteroatoms. The summed E-state index contributed by atoms with van der Waals surface area (Å²) >= 11 is 0. The zero-order valence-electron chi connectivity index (χ0n) is 9.63. The molecule has 18 heavy (non-hydrogen) atoms. The Morgan fingerprint density at radius 3 is 2.39 bits per heavy atom. The molecule has 3 N–H and O–H groups in total. The smallest absolute Gasteiger partial charge is 0.767 e. The van der Waals surface area contributed by atoms with Crippen LogP contribution in [0.2, 0.25) is 0 Å². The van der Waals surface area contributed by atoms with E-state index in [4.69, 9.17) is 9.79 Å². The molecular weight excluding hydrogens is 295 g/mol. The first kappa shape index (κ1) is 18.2. The van der Waals surface area contributed by atoms with Crippen molar-refractivity contribution in [2.75, 3.05) is 0 Å². The first-order valence-corrected chi connectivity index (χ1v) is 7.42. The summed E-state index contributed by atoms with van der Waals surface area (Å²) in [6, 6.07) is 2.58. The molecule has 1 aromatic rings. The number of aliphatic hydroxyl groups is 1. The molecular formula is C7H10NNaO7P2. The summed E-state index contributed by atoms with van der Waals surface area (Å²) in [7, 11) is -10.5. The van der Waals surface area contributed by atoms with Crippen LogP contribution in [0.1, 0.15) is 6.92 Å². The molecule has 0 spiro atoms. The van der Waals surface area contributed by atoms with Crippen molar-refractivity contribution in [1.29, 1.82) is 0 Å². The topological polar surface area (TPSA) is 140 Å². The van der Waals surface area contributed by atoms with Gasteiger partial charge in [0.2, 0.25) is 12.7 Å². The average Bonchev–Trinajstić information content (AvgIpc) is 2.16. The molecule has 0 aliphatic heterocycles. The van der Waals surface area contributed by atoms with Gasteiger partial charge in [-0.2, -0.15) is 0 Å². The summed E-state index contributed by atoms with van der Waals surface area (Å²) < 4.78 is 26.8. The van der Waals surface area contributed by atoms with Gasteiger partial charge in [0.1, 0.15) is 5.75 Å². The van der Waals surface area contributed by atoms with Gasteiger partial charge in [0.15, 0.2) is 0 Å². The van der Waals surface area contributed by atoms with Gasteiger partial charge in [0, 0.05) is 6.20 Å². The van der Waals surface area contributed by atoms with Gasteiger partial charge in [-0.05, 0) is 19.1 Å². The molecule has 0 radical (unpaired) electrons. The largest absolute Gasteiger partial charge is 1.00 e. The van der Waals surface area contributed by atoms with Crippen molar-refractivity contribution in [1.82, 2.24) is 4.98 Å². The average molecular weight is 305 g/mol. The summed E-state index contributed by atoms with van der Waals surface area (Å²) in [5.74, 6) is -0.250. The van der Waals surface area contributed by atoms with Crippen LogP contribution in [0, 0.1) is 0 Å². The Morgan fingerprint density at radius 2 is 2.00 bits per heavy atom. The van der Waals surface area contributed by atoms with E-state index < -0.39 is 20.3 Å². The summed E-state index contributed by atoms with van der Waals surface area (Å²) in [5.41, 5.74) is 0. The van der Waals surface area contributed by atoms with E-state index in [0.29, 0.717) is 6.92 Å². The van der Waals surface area contributed by atoms with E-state index in [0.717, 1.165) is 6.20 Å². The van der Waals surface area contributed by atoms with Crippen molar-refractivity contribution in [3.8, 4) is 5.75 Å². The minimum Gasteiger partial charge on any atom is -0.767 e. The second-order valence-electron chi connectivity index (χ2n) is 3.29. The van der Waals surface area contributed by atoms with Gasteiger partial charge >= 0.3 is 37.2 Å². The fourth-order valence-electron chi connectivity index (χ4n) is 0.786. The standard InChI is InChI=1S/C7H11NO7P2.Na/c1-7(9,16(10,11)12)17(13,14)15-6-3-2-4-8-5-6;/h2-5,9H,1H3,(H,13,14)(H2,10,11,12);/q;+1/p-1. The molecule has 0 amide bonds. The van der Waals surface area contributed by atoms with Crippen molar-refractivity contribution in [3.63, 3.8) is 0 Å². The van der Waals surface area contributed by atoms with Gasteiger partial charge in [-0.3, -0.25) is 14.1 Å². The van der Waals surface area contributed by atoms with Crippen molar-refractivity contribution < 1.29 is 63.0 Å². The molecule has 8 nitrogen and oxygen atoms in total. The van der Waals surface area contributed by atoms with Crippen molar-refractivity contribution in [2.24, 2.45) is 0 Å². The molecule has 0 aromatic carbocycles. The van der Waals surface area contributed by atoms with Gasteiger partial charge in [0.05, 0.1) is 6.20 Å². The first-order valence-electron chi connectivity index (χ1n) is 4.27. The Labute approximate surface area is 125 Å². The summed E-state index contributed by atoms with van der Waals surface area (Å²) in [4.78, 5) is 32.6. The van der Waals surface area contributed by atoms with Crippen LogP contribution in [-0.4, -0.2) is 25.0 Å². The number of hydrogen-bond donors (Lipinski definition) is 3. The van der Waals surface area contributed by atoms with E-state index in [1.807, 2.05) is 0 Å². The van der Waals surface area contributed by atoms with E-state index in [-0.39, 0.29) is 35.3 Å². The van der Waals surface area contributed by atoms with Crippen LogP contribution in [0.3, 0.4) is 0 Å². The maximum atomic E-state index is 11.5. The molecule has 0 saturated carbocycles. The number of aromatic nitrogens is 1. The molecule has 2 unspecified atom stereocenters. The quantitative estimate of drug-likeness (QED) is 0.391. The summed E-state index contributed by atoms with van der Waals surface area (Å²) in [6.45, 7) is 0.470. The SMILES string of the molecule is CC(O)(P(=O)(O)O)P(=O)([O-])Oc1cccnc1.[Na+]. The summed E-state index contributed by atoms with van der Waals surface area (Å²) in [5, 5.41) is 6.06. The van der Waals surface area contributed by atoms with E-state index in [2.05, 4.69) is 9.51 Å². The Morgan fingerprint density at radius 1 is 1.44 bits per heavy atom. The molecule has 2 atom stereocenters. The third-order valence-corrected chi connectivity index (χ3v) is 6.04. The fourth-order valence-corrected chi connectivity index (χ4v) is 2.74. The van der Waals surface area contributed by atoms with Gasteiger partial charge in [-0.15, -0.1) is 0 Å². The maximum absolute atomic E-state index is 11.5. The van der Waals surface area contributed by atoms with Crippen LogP contribution in [0.15, 0.2) is 24.5 Å². The monoisotopic (exact) mass is 305 g/mol. The van der Waals surface area contributed by atoms with Crippen molar-refractivity contribution in [3.05, 3.63) is 24.5 Å². The summed E-state index contributed by atoms with van der Waals surface area (Å²) in [6.07, 6.45) is 2.38. The Hall–Kier alpha value is 0.250. The van der Waals surface area contributed by atoms with E-state index in [1.165, 1.54) is 18.3 Å². The predicted molar refractivity (Wildman–Crippen MR) is 55.1 cm³/mol. The number of nitrogens with zero attached hydrogens (tertiary/aromatic N) is 1. The van der Waals surface area contributed by atoms with Crippen molar-refractivity contribution >= 4 is 15.2 Å². The van der Waals surface area contributed by atoms with Gasteiger partial charge in [0.25, 0.3) is 0 Å². The van der Waals surface area contributed by atoms with Crippen LogP contribution >= 0.6 is 15.2 Å². The van der Waals surface area contributed by atoms with E-state index in [9.17, 15) is 19.1 Å². The molecule has 96 valence electrons. The van der Waals surface area contributed by atoms with Crippen LogP contribution < -0.4 is 39.0 Å². The van der Waals surface area contributed by atoms with Gasteiger partial charge < -0.3 is 24.3 Å². The van der Waals surface area contributed by atoms with E-state index >= 15 is 0 Å². The zero-order chi connectivity index (χ0) is 13.3. The van der Waals surface area contributed by atoms with Crippen LogP contribution in [0.25, 0.3) is 0 Å². The molecule has 0 fully saturated rings. The van der Waals surface area contributed by atoms with Crippen LogP contribution in [0.5, 0.6) is 5.75 Å². The predicted octanol–water partition coefficient (Wildman–Crippen LogP) is -3.14. The third-order valence-electron chi connectivity index (χ3n) is 1.93. The number of pyridine rings is 1. The Bertz CT molecular complexity index is 488. The van der Waals surface area contributed by atoms with E-state index in [1.54, 1.807) is 0 Å². The molecule has 1 rings (SSSR count). The molecule has 1 aromatic heterocycles. The maximum Gasteiger partial charge on any atom is 1.00 e. The van der Waals surface area contributed by atoms with Crippen LogP contribution in [-0.2, 0) is 9.13 Å². The van der Waals surface area contributed by atoms with Gasteiger partial charge in [-0.25, -0.2) is 0 Å². The minimum atomic E-state index is -5.29. The van der Waals surface area contributed by atoms with Gasteiger partial charge in [-0.1, -0.05) is 0 Å². The first-order chi connectivity index (χ1) is 7.58. The fraction of sp³-hybridized carbons (Fsp3) is 0.286. The Balaban J connectivity index is 0.00000289. The second-order valence-corrected chi connectivity index (χ2v) is 7.65. The second kappa shape index (κ2) is 6.13. The molecule has 0 aliphatic rings. The number of hydrogen-bond acceptors (Lipinski definition) is 6. The molecule has 1 heterocycles.